The highest BCUT2D eigenvalue weighted by atomic mass is 32.1. The van der Waals surface area contributed by atoms with E-state index in [4.69, 9.17) is 22.1 Å². The van der Waals surface area contributed by atoms with E-state index >= 15 is 0 Å². The van der Waals surface area contributed by atoms with E-state index in [9.17, 15) is 4.79 Å². The van der Waals surface area contributed by atoms with Crippen molar-refractivity contribution < 1.29 is 9.53 Å². The maximum atomic E-state index is 12.5. The van der Waals surface area contributed by atoms with Crippen LogP contribution >= 0.6 is 23.6 Å². The largest absolute Gasteiger partial charge is 0.466 e. The van der Waals surface area contributed by atoms with Crippen molar-refractivity contribution in [1.82, 2.24) is 20.4 Å². The number of allylic oxidation sites excluding steroid dienone is 1. The number of nitrogens with one attached hydrogen (secondary N) is 2. The third-order valence-corrected chi connectivity index (χ3v) is 5.60. The number of methoxy groups -OCH3 is 1. The maximum absolute atomic E-state index is 12.5. The summed E-state index contributed by atoms with van der Waals surface area (Å²) in [6.07, 6.45) is 1.94. The number of ether oxygens (including phenoxy) is 1. The van der Waals surface area contributed by atoms with Crippen LogP contribution in [0.3, 0.4) is 0 Å². The van der Waals surface area contributed by atoms with Crippen molar-refractivity contribution in [3.63, 3.8) is 0 Å². The van der Waals surface area contributed by atoms with Gasteiger partial charge in [-0.1, -0.05) is 24.3 Å². The Kier molecular flexibility index (Phi) is 4.97. The summed E-state index contributed by atoms with van der Waals surface area (Å²) in [4.78, 5) is 13.5. The van der Waals surface area contributed by atoms with E-state index in [1.54, 1.807) is 11.3 Å². The number of rotatable bonds is 4. The number of aromatic nitrogens is 2. The number of para-hydroxylation sites is 1. The number of nitrogens with zero attached hydrogens (tertiary/aromatic N) is 2. The lowest BCUT2D eigenvalue weighted by atomic mass is 9.95. The highest BCUT2D eigenvalue weighted by Crippen LogP contribution is 2.36. The smallest absolute Gasteiger partial charge is 0.337 e. The van der Waals surface area contributed by atoms with Crippen LogP contribution in [-0.2, 0) is 9.53 Å². The van der Waals surface area contributed by atoms with Crippen molar-refractivity contribution in [2.45, 2.75) is 13.0 Å². The molecule has 0 bridgehead atoms. The van der Waals surface area contributed by atoms with Crippen molar-refractivity contribution in [1.29, 1.82) is 0 Å². The summed E-state index contributed by atoms with van der Waals surface area (Å²) in [6, 6.07) is 13.4. The Hall–Kier alpha value is -2.97. The fraction of sp³-hybridized carbons (Fsp3) is 0.150. The van der Waals surface area contributed by atoms with Crippen LogP contribution in [0.2, 0.25) is 0 Å². The quantitative estimate of drug-likeness (QED) is 0.506. The molecule has 0 amide bonds. The zero-order chi connectivity index (χ0) is 19.7. The Morgan fingerprint density at radius 1 is 1.25 bits per heavy atom. The zero-order valence-electron chi connectivity index (χ0n) is 15.3. The lowest BCUT2D eigenvalue weighted by Gasteiger charge is -2.29. The van der Waals surface area contributed by atoms with Crippen molar-refractivity contribution in [2.75, 3.05) is 7.11 Å². The lowest BCUT2D eigenvalue weighted by molar-refractivity contribution is -0.136. The molecule has 1 aromatic carbocycles. The third kappa shape index (κ3) is 3.32. The Bertz CT molecular complexity index is 1060. The van der Waals surface area contributed by atoms with Gasteiger partial charge in [0.1, 0.15) is 5.69 Å². The number of thiocarbonyl (C=S) groups is 1. The fourth-order valence-electron chi connectivity index (χ4n) is 3.22. The van der Waals surface area contributed by atoms with E-state index < -0.39 is 12.0 Å². The maximum Gasteiger partial charge on any atom is 0.337 e. The number of hydrogen-bond donors (Lipinski definition) is 2. The predicted molar refractivity (Wildman–Crippen MR) is 113 cm³/mol. The molecule has 3 aromatic rings. The molecule has 0 fully saturated rings. The van der Waals surface area contributed by atoms with Gasteiger partial charge in [-0.25, -0.2) is 9.48 Å². The van der Waals surface area contributed by atoms with Gasteiger partial charge in [0.25, 0.3) is 0 Å². The van der Waals surface area contributed by atoms with Gasteiger partial charge in [0.2, 0.25) is 0 Å². The molecular weight excluding hydrogens is 392 g/mol. The normalized spacial score (nSPS) is 16.5. The average Bonchev–Trinajstić information content (AvgIpc) is 3.37. The highest BCUT2D eigenvalue weighted by molar-refractivity contribution is 7.80. The van der Waals surface area contributed by atoms with Gasteiger partial charge in [0, 0.05) is 17.5 Å². The molecular formula is C20H18N4O2S2. The second-order valence-corrected chi connectivity index (χ2v) is 7.61. The minimum absolute atomic E-state index is 0.408. The first-order chi connectivity index (χ1) is 13.6. The van der Waals surface area contributed by atoms with Crippen LogP contribution in [0, 0.1) is 0 Å². The van der Waals surface area contributed by atoms with Gasteiger partial charge in [-0.3, -0.25) is 0 Å². The molecule has 3 heterocycles. The van der Waals surface area contributed by atoms with Crippen LogP contribution in [-0.4, -0.2) is 28.0 Å². The van der Waals surface area contributed by atoms with Gasteiger partial charge < -0.3 is 15.4 Å². The van der Waals surface area contributed by atoms with E-state index in [1.165, 1.54) is 7.11 Å². The van der Waals surface area contributed by atoms with Crippen LogP contribution in [0.15, 0.2) is 65.3 Å². The summed E-state index contributed by atoms with van der Waals surface area (Å²) >= 11 is 6.94. The zero-order valence-corrected chi connectivity index (χ0v) is 16.9. The summed E-state index contributed by atoms with van der Waals surface area (Å²) in [5, 5.41) is 13.5. The number of thiophene rings is 1. The van der Waals surface area contributed by atoms with Gasteiger partial charge in [-0.05, 0) is 42.7 Å². The van der Waals surface area contributed by atoms with Gasteiger partial charge in [0.05, 0.1) is 29.3 Å². The summed E-state index contributed by atoms with van der Waals surface area (Å²) in [7, 11) is 1.38. The summed E-state index contributed by atoms with van der Waals surface area (Å²) < 4.78 is 6.85. The number of carbonyl (C=O) groups excluding carboxylic acids is 1. The van der Waals surface area contributed by atoms with E-state index in [1.807, 2.05) is 65.6 Å². The molecule has 28 heavy (non-hydrogen) atoms. The van der Waals surface area contributed by atoms with Crippen LogP contribution in [0.1, 0.15) is 18.5 Å². The first kappa shape index (κ1) is 18.4. The monoisotopic (exact) mass is 410 g/mol. The second kappa shape index (κ2) is 7.57. The Balaban J connectivity index is 1.90. The summed E-state index contributed by atoms with van der Waals surface area (Å²) in [5.41, 5.74) is 3.75. The second-order valence-electron chi connectivity index (χ2n) is 6.25. The van der Waals surface area contributed by atoms with Crippen LogP contribution < -0.4 is 10.6 Å². The van der Waals surface area contributed by atoms with Crippen molar-refractivity contribution in [3.8, 4) is 16.3 Å². The van der Waals surface area contributed by atoms with Gasteiger partial charge in [-0.15, -0.1) is 11.3 Å². The van der Waals surface area contributed by atoms with Gasteiger partial charge >= 0.3 is 5.97 Å². The van der Waals surface area contributed by atoms with E-state index in [-0.39, 0.29) is 0 Å². The van der Waals surface area contributed by atoms with E-state index in [0.29, 0.717) is 16.4 Å². The molecule has 2 N–H and O–H groups in total. The number of hydrogen-bond acceptors (Lipinski definition) is 5. The highest BCUT2D eigenvalue weighted by Gasteiger charge is 2.34. The molecule has 0 aliphatic carbocycles. The first-order valence-electron chi connectivity index (χ1n) is 8.64. The number of esters is 1. The molecule has 2 aromatic heterocycles. The molecule has 0 spiro atoms. The Morgan fingerprint density at radius 2 is 2.04 bits per heavy atom. The minimum Gasteiger partial charge on any atom is -0.466 e. The minimum atomic E-state index is -0.462. The molecule has 4 rings (SSSR count). The van der Waals surface area contributed by atoms with Crippen LogP contribution in [0.25, 0.3) is 16.3 Å². The Labute approximate surface area is 171 Å². The molecule has 0 saturated carbocycles. The summed E-state index contributed by atoms with van der Waals surface area (Å²) in [6.45, 7) is 1.82. The molecule has 1 unspecified atom stereocenters. The van der Waals surface area contributed by atoms with Crippen molar-refractivity contribution >= 4 is 34.6 Å². The Morgan fingerprint density at radius 3 is 2.71 bits per heavy atom. The molecule has 142 valence electrons. The van der Waals surface area contributed by atoms with E-state index in [2.05, 4.69) is 10.6 Å². The average molecular weight is 411 g/mol. The number of carbonyl (C=O) groups is 1. The van der Waals surface area contributed by atoms with Crippen molar-refractivity contribution in [2.24, 2.45) is 0 Å². The summed E-state index contributed by atoms with van der Waals surface area (Å²) in [5.74, 6) is -0.408. The van der Waals surface area contributed by atoms with Gasteiger partial charge in [-0.2, -0.15) is 5.10 Å². The molecule has 1 aliphatic rings. The standard InChI is InChI=1S/C20H18N4O2S2/c1-12-16(19(25)26-2)18(22-20(27)21-12)14-11-24(13-7-4-3-5-8-13)23-17(14)15-9-6-10-28-15/h3-11,18H,1-2H3,(H2,21,22,27). The molecule has 1 atom stereocenters. The molecule has 6 nitrogen and oxygen atoms in total. The number of benzene rings is 1. The third-order valence-electron chi connectivity index (χ3n) is 4.50. The lowest BCUT2D eigenvalue weighted by Crippen LogP contribution is -2.45. The van der Waals surface area contributed by atoms with Gasteiger partial charge in [0.15, 0.2) is 5.11 Å². The van der Waals surface area contributed by atoms with Crippen LogP contribution in [0.5, 0.6) is 0 Å². The fourth-order valence-corrected chi connectivity index (χ4v) is 4.23. The molecule has 0 radical (unpaired) electrons. The molecule has 8 heteroatoms. The topological polar surface area (TPSA) is 68.2 Å². The SMILES string of the molecule is COC(=O)C1=C(C)NC(=S)NC1c1cn(-c2ccccc2)nc1-c1cccs1. The predicted octanol–water partition coefficient (Wildman–Crippen LogP) is 3.57. The first-order valence-corrected chi connectivity index (χ1v) is 9.92. The molecule has 0 saturated heterocycles. The van der Waals surface area contributed by atoms with Crippen LogP contribution in [0.4, 0.5) is 0 Å². The van der Waals surface area contributed by atoms with Crippen molar-refractivity contribution in [3.05, 3.63) is 70.9 Å². The van der Waals surface area contributed by atoms with E-state index in [0.717, 1.165) is 21.8 Å². The molecule has 1 aliphatic heterocycles.